The standard InChI is InChI=1S/C18H24O2/c19-17-6-8-1-10-12(17)3-13-11-2-9-5-16(4-8,14(10)11)15(17)18(13,20)7-9/h8-15,19-20H,1-7H2/t8-,9+,10-,11+,12+,13-,14?,15?,16?,17-,18+. The molecule has 11 bridgehead atoms. The van der Waals surface area contributed by atoms with Crippen LogP contribution in [-0.4, -0.2) is 21.4 Å². The minimum atomic E-state index is -0.471. The first-order chi connectivity index (χ1) is 9.56. The van der Waals surface area contributed by atoms with Crippen LogP contribution in [0.1, 0.15) is 44.9 Å². The summed E-state index contributed by atoms with van der Waals surface area (Å²) >= 11 is 0. The van der Waals surface area contributed by atoms with E-state index >= 15 is 0 Å². The third-order valence-corrected chi connectivity index (χ3v) is 9.77. The van der Waals surface area contributed by atoms with E-state index in [4.69, 9.17) is 0 Å². The van der Waals surface area contributed by atoms with Gasteiger partial charge in [-0.2, -0.15) is 0 Å². The summed E-state index contributed by atoms with van der Waals surface area (Å²) in [5, 5.41) is 23.3. The van der Waals surface area contributed by atoms with Crippen molar-refractivity contribution in [1.82, 2.24) is 0 Å². The van der Waals surface area contributed by atoms with Gasteiger partial charge < -0.3 is 10.2 Å². The van der Waals surface area contributed by atoms with Crippen molar-refractivity contribution in [1.29, 1.82) is 0 Å². The van der Waals surface area contributed by atoms with Crippen LogP contribution in [0, 0.1) is 52.8 Å². The van der Waals surface area contributed by atoms with E-state index in [0.717, 1.165) is 48.9 Å². The van der Waals surface area contributed by atoms with Gasteiger partial charge in [0, 0.05) is 5.92 Å². The fourth-order valence-electron chi connectivity index (χ4n) is 10.5. The molecule has 10 saturated carbocycles. The third kappa shape index (κ3) is 0.728. The Bertz CT molecular complexity index is 516. The normalized spacial score (nSPS) is 80.7. The summed E-state index contributed by atoms with van der Waals surface area (Å²) in [4.78, 5) is 0. The second-order valence-corrected chi connectivity index (χ2v) is 9.97. The highest BCUT2D eigenvalue weighted by Crippen LogP contribution is 2.86. The van der Waals surface area contributed by atoms with Crippen LogP contribution in [0.15, 0.2) is 0 Å². The molecule has 20 heavy (non-hydrogen) atoms. The lowest BCUT2D eigenvalue weighted by atomic mass is 9.20. The highest BCUT2D eigenvalue weighted by atomic mass is 16.3. The maximum absolute atomic E-state index is 11.6. The maximum atomic E-state index is 11.6. The monoisotopic (exact) mass is 272 g/mol. The molecule has 2 nitrogen and oxygen atoms in total. The molecule has 108 valence electrons. The summed E-state index contributed by atoms with van der Waals surface area (Å²) in [6.07, 6.45) is 8.75. The lowest BCUT2D eigenvalue weighted by Gasteiger charge is -2.86. The molecule has 11 atom stereocenters. The van der Waals surface area contributed by atoms with Crippen molar-refractivity contribution in [2.45, 2.75) is 56.1 Å². The van der Waals surface area contributed by atoms with Gasteiger partial charge in [0.05, 0.1) is 11.2 Å². The van der Waals surface area contributed by atoms with Crippen molar-refractivity contribution < 1.29 is 10.2 Å². The van der Waals surface area contributed by atoms with Crippen molar-refractivity contribution in [3.8, 4) is 0 Å². The molecule has 2 heteroatoms. The Labute approximate surface area is 119 Å². The largest absolute Gasteiger partial charge is 0.389 e. The Balaban J connectivity index is 1.60. The average molecular weight is 272 g/mol. The van der Waals surface area contributed by atoms with Gasteiger partial charge in [0.25, 0.3) is 0 Å². The summed E-state index contributed by atoms with van der Waals surface area (Å²) in [6.45, 7) is 0. The van der Waals surface area contributed by atoms with Crippen LogP contribution in [0.5, 0.6) is 0 Å². The number of hydrogen-bond donors (Lipinski definition) is 2. The first-order valence-electron chi connectivity index (χ1n) is 9.01. The maximum Gasteiger partial charge on any atom is 0.0742 e. The number of hydrogen-bond acceptors (Lipinski definition) is 2. The van der Waals surface area contributed by atoms with Gasteiger partial charge >= 0.3 is 0 Å². The zero-order chi connectivity index (χ0) is 13.1. The Hall–Kier alpha value is -0.0800. The molecular weight excluding hydrogens is 248 g/mol. The zero-order valence-electron chi connectivity index (χ0n) is 12.0. The molecule has 1 spiro atoms. The van der Waals surface area contributed by atoms with Gasteiger partial charge in [-0.3, -0.25) is 0 Å². The molecule has 2 N–H and O–H groups in total. The zero-order valence-corrected chi connectivity index (χ0v) is 12.0. The van der Waals surface area contributed by atoms with E-state index in [2.05, 4.69) is 0 Å². The van der Waals surface area contributed by atoms with Gasteiger partial charge in [-0.05, 0) is 91.8 Å². The Kier molecular flexibility index (Phi) is 1.35. The summed E-state index contributed by atoms with van der Waals surface area (Å²) in [7, 11) is 0. The van der Waals surface area contributed by atoms with Gasteiger partial charge in [0.15, 0.2) is 0 Å². The van der Waals surface area contributed by atoms with Crippen LogP contribution >= 0.6 is 0 Å². The van der Waals surface area contributed by atoms with Crippen LogP contribution in [0.3, 0.4) is 0 Å². The second kappa shape index (κ2) is 2.54. The molecule has 0 saturated heterocycles. The molecule has 0 radical (unpaired) electrons. The fourth-order valence-corrected chi connectivity index (χ4v) is 10.5. The summed E-state index contributed by atoms with van der Waals surface area (Å²) < 4.78 is 0. The van der Waals surface area contributed by atoms with E-state index in [1.165, 1.54) is 25.7 Å². The molecule has 3 unspecified atom stereocenters. The SMILES string of the molecule is O[C@]12C[C@H]3C[C@@H]4C5[C@@H]6C[C@@H]7CC5(C3)C1[C@@](O)(C7)[C@H]6C[C@H]42. The highest BCUT2D eigenvalue weighted by Gasteiger charge is 2.85. The van der Waals surface area contributed by atoms with Crippen LogP contribution in [0.2, 0.25) is 0 Å². The molecule has 0 aromatic heterocycles. The molecule has 10 aliphatic carbocycles. The van der Waals surface area contributed by atoms with Crippen molar-refractivity contribution in [3.63, 3.8) is 0 Å². The van der Waals surface area contributed by atoms with Gasteiger partial charge in [-0.25, -0.2) is 0 Å². The minimum absolute atomic E-state index is 0.261. The first kappa shape index (κ1) is 10.6. The number of rotatable bonds is 0. The van der Waals surface area contributed by atoms with Crippen molar-refractivity contribution in [3.05, 3.63) is 0 Å². The Morgan fingerprint density at radius 2 is 1.25 bits per heavy atom. The van der Waals surface area contributed by atoms with Crippen molar-refractivity contribution in [2.75, 3.05) is 0 Å². The van der Waals surface area contributed by atoms with Gasteiger partial charge in [-0.1, -0.05) is 0 Å². The van der Waals surface area contributed by atoms with E-state index in [0.29, 0.717) is 17.3 Å². The van der Waals surface area contributed by atoms with E-state index < -0.39 is 11.2 Å². The first-order valence-corrected chi connectivity index (χ1v) is 9.01. The smallest absolute Gasteiger partial charge is 0.0742 e. The topological polar surface area (TPSA) is 40.5 Å². The number of aliphatic hydroxyl groups is 2. The third-order valence-electron chi connectivity index (χ3n) is 9.77. The predicted molar refractivity (Wildman–Crippen MR) is 72.6 cm³/mol. The van der Waals surface area contributed by atoms with Gasteiger partial charge in [0.1, 0.15) is 0 Å². The van der Waals surface area contributed by atoms with Gasteiger partial charge in [-0.15, -0.1) is 0 Å². The predicted octanol–water partition coefficient (Wildman–Crippen LogP) is 2.19. The molecule has 0 aliphatic heterocycles. The fraction of sp³-hybridized carbons (Fsp3) is 1.00. The van der Waals surface area contributed by atoms with Crippen LogP contribution in [-0.2, 0) is 0 Å². The molecule has 10 fully saturated rings. The minimum Gasteiger partial charge on any atom is -0.389 e. The molecule has 0 aromatic carbocycles. The Morgan fingerprint density at radius 1 is 0.700 bits per heavy atom. The van der Waals surface area contributed by atoms with E-state index in [1.807, 2.05) is 0 Å². The van der Waals surface area contributed by atoms with E-state index in [9.17, 15) is 10.2 Å². The van der Waals surface area contributed by atoms with Gasteiger partial charge in [0.2, 0.25) is 0 Å². The highest BCUT2D eigenvalue weighted by molar-refractivity contribution is 5.34. The molecule has 0 amide bonds. The quantitative estimate of drug-likeness (QED) is 0.709. The molecular formula is C18H24O2. The lowest BCUT2D eigenvalue weighted by Crippen LogP contribution is -2.87. The molecule has 0 aromatic rings. The second-order valence-electron chi connectivity index (χ2n) is 9.97. The Morgan fingerprint density at radius 3 is 1.80 bits per heavy atom. The molecule has 10 aliphatic rings. The average Bonchev–Trinajstić information content (AvgIpc) is 2.33. The molecule has 10 rings (SSSR count). The van der Waals surface area contributed by atoms with Crippen LogP contribution in [0.25, 0.3) is 0 Å². The van der Waals surface area contributed by atoms with Crippen molar-refractivity contribution in [2.24, 2.45) is 52.8 Å². The molecule has 0 heterocycles. The van der Waals surface area contributed by atoms with Crippen LogP contribution < -0.4 is 0 Å². The van der Waals surface area contributed by atoms with E-state index in [1.54, 1.807) is 0 Å². The van der Waals surface area contributed by atoms with E-state index in [-0.39, 0.29) is 5.92 Å². The van der Waals surface area contributed by atoms with Crippen molar-refractivity contribution >= 4 is 0 Å². The lowest BCUT2D eigenvalue weighted by molar-refractivity contribution is -0.431. The summed E-state index contributed by atoms with van der Waals surface area (Å²) in [6, 6.07) is 0. The summed E-state index contributed by atoms with van der Waals surface area (Å²) in [5.74, 6) is 5.48. The summed E-state index contributed by atoms with van der Waals surface area (Å²) in [5.41, 5.74) is -0.573. The van der Waals surface area contributed by atoms with Crippen LogP contribution in [0.4, 0.5) is 0 Å².